The van der Waals surface area contributed by atoms with E-state index in [0.717, 1.165) is 24.2 Å². The van der Waals surface area contributed by atoms with Gasteiger partial charge < -0.3 is 10.1 Å². The lowest BCUT2D eigenvalue weighted by Crippen LogP contribution is -2.48. The third kappa shape index (κ3) is 7.52. The number of halogens is 1. The number of ether oxygens (including phenoxy) is 1. The summed E-state index contributed by atoms with van der Waals surface area (Å²) >= 11 is 5.94. The van der Waals surface area contributed by atoms with Crippen molar-refractivity contribution in [3.63, 3.8) is 0 Å². The summed E-state index contributed by atoms with van der Waals surface area (Å²) in [7, 11) is 0. The Bertz CT molecular complexity index is 884. The van der Waals surface area contributed by atoms with E-state index in [0.29, 0.717) is 17.2 Å². The third-order valence-corrected chi connectivity index (χ3v) is 4.57. The van der Waals surface area contributed by atoms with Crippen LogP contribution in [0.25, 0.3) is 0 Å². The second kappa shape index (κ2) is 12.0. The Morgan fingerprint density at radius 3 is 2.63 bits per heavy atom. The van der Waals surface area contributed by atoms with Crippen molar-refractivity contribution >= 4 is 29.6 Å². The summed E-state index contributed by atoms with van der Waals surface area (Å²) in [6.07, 6.45) is 3.60. The van der Waals surface area contributed by atoms with Crippen molar-refractivity contribution in [1.29, 1.82) is 0 Å². The van der Waals surface area contributed by atoms with Crippen LogP contribution < -0.4 is 15.5 Å². The summed E-state index contributed by atoms with van der Waals surface area (Å²) in [4.78, 5) is 25.0. The lowest BCUT2D eigenvalue weighted by atomic mass is 10.0. The second-order valence-corrected chi connectivity index (χ2v) is 7.65. The Morgan fingerprint density at radius 1 is 1.17 bits per heavy atom. The van der Waals surface area contributed by atoms with Crippen molar-refractivity contribution < 1.29 is 14.3 Å². The van der Waals surface area contributed by atoms with E-state index in [1.54, 1.807) is 30.5 Å². The number of hydrogen-bond donors (Lipinski definition) is 2. The number of nitrogens with one attached hydrogen (secondary N) is 2. The number of nitrogens with zero attached hydrogens (tertiary/aromatic N) is 1. The Labute approximate surface area is 182 Å². The zero-order chi connectivity index (χ0) is 21.9. The third-order valence-electron chi connectivity index (χ3n) is 4.34. The molecule has 2 N–H and O–H groups in total. The van der Waals surface area contributed by atoms with Crippen molar-refractivity contribution in [1.82, 2.24) is 10.7 Å². The highest BCUT2D eigenvalue weighted by molar-refractivity contribution is 6.31. The van der Waals surface area contributed by atoms with Crippen molar-refractivity contribution in [2.24, 2.45) is 11.0 Å². The average molecular weight is 430 g/mol. The Balaban J connectivity index is 1.96. The van der Waals surface area contributed by atoms with Gasteiger partial charge >= 0.3 is 0 Å². The molecule has 0 radical (unpaired) electrons. The Kier molecular flexibility index (Phi) is 9.35. The lowest BCUT2D eigenvalue weighted by Gasteiger charge is -2.20. The van der Waals surface area contributed by atoms with E-state index in [4.69, 9.17) is 16.3 Å². The van der Waals surface area contributed by atoms with Gasteiger partial charge in [-0.2, -0.15) is 5.10 Å². The normalized spacial score (nSPS) is 12.0. The first kappa shape index (κ1) is 23.4. The SMILES string of the molecule is CCCCOc1cccc(/C=N/NC(=O)C(NC(=O)c2cccc(Cl)c2)C(C)C)c1. The minimum atomic E-state index is -0.739. The minimum Gasteiger partial charge on any atom is -0.494 e. The van der Waals surface area contributed by atoms with Crippen LogP contribution in [0, 0.1) is 5.92 Å². The smallest absolute Gasteiger partial charge is 0.262 e. The first-order valence-corrected chi connectivity index (χ1v) is 10.4. The molecule has 0 aliphatic rings. The van der Waals surface area contributed by atoms with E-state index in [-0.39, 0.29) is 11.8 Å². The van der Waals surface area contributed by atoms with Gasteiger partial charge in [0.2, 0.25) is 0 Å². The van der Waals surface area contributed by atoms with Gasteiger partial charge in [-0.3, -0.25) is 9.59 Å². The van der Waals surface area contributed by atoms with Gasteiger partial charge in [0.15, 0.2) is 0 Å². The van der Waals surface area contributed by atoms with Gasteiger partial charge in [0, 0.05) is 10.6 Å². The molecule has 0 aliphatic heterocycles. The number of carbonyl (C=O) groups excluding carboxylic acids is 2. The van der Waals surface area contributed by atoms with E-state index in [1.165, 1.54) is 0 Å². The molecule has 2 rings (SSSR count). The molecule has 160 valence electrons. The van der Waals surface area contributed by atoms with Crippen LogP contribution in [0.2, 0.25) is 5.02 Å². The van der Waals surface area contributed by atoms with Crippen LogP contribution in [-0.2, 0) is 4.79 Å². The molecule has 0 saturated heterocycles. The highest BCUT2D eigenvalue weighted by atomic mass is 35.5. The van der Waals surface area contributed by atoms with E-state index in [9.17, 15) is 9.59 Å². The predicted octanol–water partition coefficient (Wildman–Crippen LogP) is 4.42. The van der Waals surface area contributed by atoms with Crippen LogP contribution in [-0.4, -0.2) is 30.7 Å². The average Bonchev–Trinajstić information content (AvgIpc) is 2.72. The maximum Gasteiger partial charge on any atom is 0.262 e. The molecule has 0 spiro atoms. The summed E-state index contributed by atoms with van der Waals surface area (Å²) in [6.45, 7) is 6.47. The molecule has 0 fully saturated rings. The minimum absolute atomic E-state index is 0.126. The molecule has 6 nitrogen and oxygen atoms in total. The van der Waals surface area contributed by atoms with E-state index in [1.807, 2.05) is 38.1 Å². The molecular formula is C23H28ClN3O3. The highest BCUT2D eigenvalue weighted by Crippen LogP contribution is 2.13. The molecule has 0 aromatic heterocycles. The molecule has 1 unspecified atom stereocenters. The summed E-state index contributed by atoms with van der Waals surface area (Å²) < 4.78 is 5.67. The van der Waals surface area contributed by atoms with Gasteiger partial charge in [-0.25, -0.2) is 5.43 Å². The van der Waals surface area contributed by atoms with Gasteiger partial charge in [0.05, 0.1) is 12.8 Å². The van der Waals surface area contributed by atoms with Crippen LogP contribution in [0.1, 0.15) is 49.5 Å². The van der Waals surface area contributed by atoms with E-state index < -0.39 is 11.9 Å². The van der Waals surface area contributed by atoms with Crippen LogP contribution in [0.5, 0.6) is 5.75 Å². The molecule has 0 bridgehead atoms. The summed E-state index contributed by atoms with van der Waals surface area (Å²) in [5, 5.41) is 7.22. The number of carbonyl (C=O) groups is 2. The molecule has 2 aromatic carbocycles. The number of rotatable bonds is 10. The molecule has 0 heterocycles. The lowest BCUT2D eigenvalue weighted by molar-refractivity contribution is -0.123. The molecule has 7 heteroatoms. The molecule has 0 aliphatic carbocycles. The molecule has 2 aromatic rings. The summed E-state index contributed by atoms with van der Waals surface area (Å²) in [5.74, 6) is -0.134. The monoisotopic (exact) mass is 429 g/mol. The van der Waals surface area contributed by atoms with Crippen LogP contribution in [0.15, 0.2) is 53.6 Å². The van der Waals surface area contributed by atoms with Gasteiger partial charge in [-0.15, -0.1) is 0 Å². The van der Waals surface area contributed by atoms with Crippen LogP contribution in [0.4, 0.5) is 0 Å². The molecule has 2 amide bonds. The number of unbranched alkanes of at least 4 members (excludes halogenated alkanes) is 1. The highest BCUT2D eigenvalue weighted by Gasteiger charge is 2.24. The zero-order valence-corrected chi connectivity index (χ0v) is 18.3. The number of amides is 2. The fraction of sp³-hybridized carbons (Fsp3) is 0.348. The predicted molar refractivity (Wildman–Crippen MR) is 120 cm³/mol. The standard InChI is InChI=1S/C23H28ClN3O3/c1-4-5-12-30-20-11-6-8-17(13-20)15-25-27-23(29)21(16(2)3)26-22(28)18-9-7-10-19(24)14-18/h6-11,13-16,21H,4-5,12H2,1-3H3,(H,26,28)(H,27,29)/b25-15+. The van der Waals surface area contributed by atoms with Crippen molar-refractivity contribution in [2.45, 2.75) is 39.7 Å². The van der Waals surface area contributed by atoms with Crippen LogP contribution >= 0.6 is 11.6 Å². The van der Waals surface area contributed by atoms with E-state index in [2.05, 4.69) is 22.8 Å². The molecule has 30 heavy (non-hydrogen) atoms. The van der Waals surface area contributed by atoms with Crippen molar-refractivity contribution in [2.75, 3.05) is 6.61 Å². The Morgan fingerprint density at radius 2 is 1.93 bits per heavy atom. The van der Waals surface area contributed by atoms with Gasteiger partial charge in [-0.1, -0.05) is 57.0 Å². The number of hydrogen-bond acceptors (Lipinski definition) is 4. The van der Waals surface area contributed by atoms with E-state index >= 15 is 0 Å². The zero-order valence-electron chi connectivity index (χ0n) is 17.5. The topological polar surface area (TPSA) is 79.8 Å². The second-order valence-electron chi connectivity index (χ2n) is 7.21. The molecule has 0 saturated carbocycles. The number of benzene rings is 2. The van der Waals surface area contributed by atoms with Gasteiger partial charge in [-0.05, 0) is 48.2 Å². The quantitative estimate of drug-likeness (QED) is 0.333. The molecular weight excluding hydrogens is 402 g/mol. The Hall–Kier alpha value is -2.86. The largest absolute Gasteiger partial charge is 0.494 e. The van der Waals surface area contributed by atoms with Crippen LogP contribution in [0.3, 0.4) is 0 Å². The number of hydrazone groups is 1. The fourth-order valence-corrected chi connectivity index (χ4v) is 2.84. The first-order chi connectivity index (χ1) is 14.4. The maximum atomic E-state index is 12.6. The first-order valence-electron chi connectivity index (χ1n) is 10.0. The van der Waals surface area contributed by atoms with Gasteiger partial charge in [0.1, 0.15) is 11.8 Å². The van der Waals surface area contributed by atoms with Gasteiger partial charge in [0.25, 0.3) is 11.8 Å². The van der Waals surface area contributed by atoms with Crippen molar-refractivity contribution in [3.05, 3.63) is 64.7 Å². The van der Waals surface area contributed by atoms with Crippen molar-refractivity contribution in [3.8, 4) is 5.75 Å². The summed E-state index contributed by atoms with van der Waals surface area (Å²) in [5.41, 5.74) is 3.69. The maximum absolute atomic E-state index is 12.6. The summed E-state index contributed by atoms with van der Waals surface area (Å²) in [6, 6.07) is 13.3. The fourth-order valence-electron chi connectivity index (χ4n) is 2.65. The molecule has 1 atom stereocenters.